The van der Waals surface area contributed by atoms with Crippen molar-refractivity contribution in [1.29, 1.82) is 0 Å². The van der Waals surface area contributed by atoms with Crippen LogP contribution in [0.4, 0.5) is 17.3 Å². The van der Waals surface area contributed by atoms with Gasteiger partial charge in [-0.05, 0) is 36.6 Å². The van der Waals surface area contributed by atoms with E-state index in [1.165, 1.54) is 10.2 Å². The van der Waals surface area contributed by atoms with Crippen molar-refractivity contribution in [1.82, 2.24) is 29.8 Å². The average Bonchev–Trinajstić information content (AvgIpc) is 3.47. The van der Waals surface area contributed by atoms with Gasteiger partial charge in [-0.15, -0.1) is 0 Å². The van der Waals surface area contributed by atoms with Gasteiger partial charge in [0.1, 0.15) is 5.69 Å². The van der Waals surface area contributed by atoms with E-state index in [9.17, 15) is 9.59 Å². The first-order chi connectivity index (χ1) is 17.6. The molecule has 2 aliphatic heterocycles. The maximum absolute atomic E-state index is 12.9. The fraction of sp³-hybridized carbons (Fsp3) is 0.481. The standard InChI is InChI=1S/C27H36N8O2/c1-27(2,3)19-8-6-18(7-9-19)25(36)28-20-10-11-34(16-20)24-15-22(26(37)33(5)31-24)29-23-14-21-17-32(4)12-13-35(21)30-23/h6-9,14-15,20H,10-13,16-17H2,1-5H3,(H,28,36)(H,29,30)/t20-/m1/s1. The van der Waals surface area contributed by atoms with Crippen molar-refractivity contribution >= 4 is 23.2 Å². The molecule has 0 saturated carbocycles. The lowest BCUT2D eigenvalue weighted by Gasteiger charge is -2.22. The molecule has 10 heteroatoms. The Labute approximate surface area is 217 Å². The molecule has 1 atom stereocenters. The first kappa shape index (κ1) is 25.0. The number of anilines is 3. The zero-order valence-corrected chi connectivity index (χ0v) is 22.3. The van der Waals surface area contributed by atoms with Gasteiger partial charge in [-0.3, -0.25) is 19.2 Å². The first-order valence-electron chi connectivity index (χ1n) is 12.8. The molecule has 0 aliphatic carbocycles. The molecule has 3 aromatic rings. The van der Waals surface area contributed by atoms with E-state index >= 15 is 0 Å². The zero-order chi connectivity index (χ0) is 26.3. The Morgan fingerprint density at radius 2 is 1.78 bits per heavy atom. The Bertz CT molecular complexity index is 1350. The van der Waals surface area contributed by atoms with Crippen molar-refractivity contribution in [2.45, 2.75) is 51.7 Å². The molecule has 0 bridgehead atoms. The molecular weight excluding hydrogens is 468 g/mol. The van der Waals surface area contributed by atoms with Crippen molar-refractivity contribution in [2.75, 3.05) is 36.9 Å². The van der Waals surface area contributed by atoms with E-state index in [4.69, 9.17) is 0 Å². The number of hydrogen-bond acceptors (Lipinski definition) is 7. The van der Waals surface area contributed by atoms with Crippen LogP contribution in [-0.4, -0.2) is 63.1 Å². The third kappa shape index (κ3) is 5.39. The minimum atomic E-state index is -0.213. The predicted octanol–water partition coefficient (Wildman–Crippen LogP) is 2.47. The van der Waals surface area contributed by atoms with E-state index in [1.54, 1.807) is 13.1 Å². The number of nitrogens with one attached hydrogen (secondary N) is 2. The van der Waals surface area contributed by atoms with Crippen molar-refractivity contribution < 1.29 is 4.79 Å². The maximum atomic E-state index is 12.9. The van der Waals surface area contributed by atoms with Crippen LogP contribution in [0, 0.1) is 0 Å². The van der Waals surface area contributed by atoms with E-state index in [1.807, 2.05) is 35.0 Å². The Balaban J connectivity index is 1.26. The fourth-order valence-corrected chi connectivity index (χ4v) is 4.91. The molecule has 1 saturated heterocycles. The van der Waals surface area contributed by atoms with Crippen LogP contribution < -0.4 is 21.1 Å². The number of rotatable bonds is 5. The molecule has 1 fully saturated rings. The first-order valence-corrected chi connectivity index (χ1v) is 12.8. The van der Waals surface area contributed by atoms with E-state index in [-0.39, 0.29) is 22.9 Å². The van der Waals surface area contributed by atoms with Crippen LogP contribution in [0.2, 0.25) is 0 Å². The highest BCUT2D eigenvalue weighted by atomic mass is 16.2. The Hall–Kier alpha value is -3.66. The molecule has 2 N–H and O–H groups in total. The number of carbonyl (C=O) groups excluding carboxylic acids is 1. The number of aryl methyl sites for hydroxylation is 1. The van der Waals surface area contributed by atoms with E-state index in [0.717, 1.165) is 38.3 Å². The van der Waals surface area contributed by atoms with Gasteiger partial charge < -0.3 is 15.5 Å². The molecule has 0 unspecified atom stereocenters. The summed E-state index contributed by atoms with van der Waals surface area (Å²) in [5, 5.41) is 15.5. The molecule has 196 valence electrons. The molecule has 0 spiro atoms. The Morgan fingerprint density at radius 1 is 1.03 bits per heavy atom. The normalized spacial score (nSPS) is 18.1. The minimum absolute atomic E-state index is 0.00194. The van der Waals surface area contributed by atoms with Crippen LogP contribution in [0.3, 0.4) is 0 Å². The van der Waals surface area contributed by atoms with Crippen LogP contribution >= 0.6 is 0 Å². The van der Waals surface area contributed by atoms with Gasteiger partial charge in [0.05, 0.1) is 12.2 Å². The largest absolute Gasteiger partial charge is 0.353 e. The molecule has 37 heavy (non-hydrogen) atoms. The van der Waals surface area contributed by atoms with Crippen LogP contribution in [0.15, 0.2) is 41.2 Å². The summed E-state index contributed by atoms with van der Waals surface area (Å²) in [6, 6.07) is 11.6. The van der Waals surface area contributed by atoms with Gasteiger partial charge in [0.2, 0.25) is 0 Å². The number of fused-ring (bicyclic) bond motifs is 1. The summed E-state index contributed by atoms with van der Waals surface area (Å²) in [6.45, 7) is 10.4. The van der Waals surface area contributed by atoms with Crippen molar-refractivity contribution in [3.63, 3.8) is 0 Å². The molecule has 4 heterocycles. The number of likely N-dealkylation sites (N-methyl/N-ethyl adjacent to an activating group) is 1. The molecule has 2 aliphatic rings. The summed E-state index contributed by atoms with van der Waals surface area (Å²) in [5.41, 5.74) is 3.24. The summed E-state index contributed by atoms with van der Waals surface area (Å²) >= 11 is 0. The lowest BCUT2D eigenvalue weighted by molar-refractivity contribution is 0.0940. The van der Waals surface area contributed by atoms with Gasteiger partial charge in [0.15, 0.2) is 11.6 Å². The van der Waals surface area contributed by atoms with Crippen molar-refractivity contribution in [2.24, 2.45) is 7.05 Å². The number of carbonyl (C=O) groups is 1. The second-order valence-electron chi connectivity index (χ2n) is 11.2. The minimum Gasteiger partial charge on any atom is -0.353 e. The van der Waals surface area contributed by atoms with Crippen molar-refractivity contribution in [3.05, 3.63) is 63.6 Å². The number of nitrogens with zero attached hydrogens (tertiary/aromatic N) is 6. The fourth-order valence-electron chi connectivity index (χ4n) is 4.91. The predicted molar refractivity (Wildman–Crippen MR) is 145 cm³/mol. The monoisotopic (exact) mass is 504 g/mol. The second-order valence-corrected chi connectivity index (χ2v) is 11.2. The number of amides is 1. The summed E-state index contributed by atoms with van der Waals surface area (Å²) in [5.74, 6) is 1.28. The van der Waals surface area contributed by atoms with Gasteiger partial charge in [-0.25, -0.2) is 4.68 Å². The maximum Gasteiger partial charge on any atom is 0.290 e. The van der Waals surface area contributed by atoms with Gasteiger partial charge in [-0.2, -0.15) is 10.2 Å². The van der Waals surface area contributed by atoms with Crippen LogP contribution in [0.5, 0.6) is 0 Å². The molecule has 1 amide bonds. The van der Waals surface area contributed by atoms with Crippen LogP contribution in [-0.2, 0) is 25.6 Å². The highest BCUT2D eigenvalue weighted by Gasteiger charge is 2.27. The highest BCUT2D eigenvalue weighted by molar-refractivity contribution is 5.94. The smallest absolute Gasteiger partial charge is 0.290 e. The molecule has 0 radical (unpaired) electrons. The Morgan fingerprint density at radius 3 is 2.51 bits per heavy atom. The molecule has 10 nitrogen and oxygen atoms in total. The number of hydrogen-bond donors (Lipinski definition) is 2. The van der Waals surface area contributed by atoms with Gasteiger partial charge in [-0.1, -0.05) is 32.9 Å². The van der Waals surface area contributed by atoms with E-state index in [0.29, 0.717) is 29.4 Å². The highest BCUT2D eigenvalue weighted by Crippen LogP contribution is 2.24. The molecule has 1 aromatic carbocycles. The second kappa shape index (κ2) is 9.66. The summed E-state index contributed by atoms with van der Waals surface area (Å²) in [6.07, 6.45) is 0.806. The van der Waals surface area contributed by atoms with Gasteiger partial charge in [0.25, 0.3) is 11.5 Å². The SMILES string of the molecule is CN1CCn2nc(Nc3cc(N4CC[C@@H](NC(=O)c5ccc(C(C)(C)C)cc5)C4)nn(C)c3=O)cc2C1. The quantitative estimate of drug-likeness (QED) is 0.551. The van der Waals surface area contributed by atoms with Crippen molar-refractivity contribution in [3.8, 4) is 0 Å². The van der Waals surface area contributed by atoms with E-state index in [2.05, 4.69) is 58.4 Å². The third-order valence-corrected chi connectivity index (χ3v) is 7.16. The zero-order valence-electron chi connectivity index (χ0n) is 22.3. The van der Waals surface area contributed by atoms with Gasteiger partial charge in [0, 0.05) is 57.0 Å². The lowest BCUT2D eigenvalue weighted by Crippen LogP contribution is -2.37. The lowest BCUT2D eigenvalue weighted by atomic mass is 9.86. The summed E-state index contributed by atoms with van der Waals surface area (Å²) in [7, 11) is 3.74. The number of benzene rings is 1. The van der Waals surface area contributed by atoms with Gasteiger partial charge >= 0.3 is 0 Å². The molecule has 5 rings (SSSR count). The third-order valence-electron chi connectivity index (χ3n) is 7.16. The topological polar surface area (TPSA) is 100 Å². The summed E-state index contributed by atoms with van der Waals surface area (Å²) < 4.78 is 3.34. The Kier molecular flexibility index (Phi) is 6.53. The molecule has 2 aromatic heterocycles. The van der Waals surface area contributed by atoms with Crippen LogP contribution in [0.25, 0.3) is 0 Å². The molecular formula is C27H36N8O2. The average molecular weight is 505 g/mol. The number of aromatic nitrogens is 4. The van der Waals surface area contributed by atoms with E-state index < -0.39 is 0 Å². The van der Waals surface area contributed by atoms with Crippen LogP contribution in [0.1, 0.15) is 48.8 Å². The summed E-state index contributed by atoms with van der Waals surface area (Å²) in [4.78, 5) is 30.0.